The highest BCUT2D eigenvalue weighted by Crippen LogP contribution is 2.32. The topological polar surface area (TPSA) is 33.1 Å². The van der Waals surface area contributed by atoms with Crippen LogP contribution in [0, 0.1) is 11.6 Å². The molecule has 0 bridgehead atoms. The summed E-state index contributed by atoms with van der Waals surface area (Å²) < 4.78 is 64.5. The van der Waals surface area contributed by atoms with Crippen molar-refractivity contribution >= 4 is 15.9 Å². The SMILES string of the molecule is OC(c1ccc(C(F)(F)F)cn1)c1c(F)ccc(Br)c1F. The lowest BCUT2D eigenvalue weighted by Crippen LogP contribution is -2.10. The average Bonchev–Trinajstić information content (AvgIpc) is 2.42. The molecule has 1 aromatic heterocycles. The third-order valence-corrected chi connectivity index (χ3v) is 3.36. The summed E-state index contributed by atoms with van der Waals surface area (Å²) in [4.78, 5) is 3.41. The minimum absolute atomic E-state index is 0.0788. The number of nitrogens with zero attached hydrogens (tertiary/aromatic N) is 1. The van der Waals surface area contributed by atoms with Gasteiger partial charge in [0.25, 0.3) is 0 Å². The maximum atomic E-state index is 13.8. The highest BCUT2D eigenvalue weighted by Gasteiger charge is 2.31. The zero-order chi connectivity index (χ0) is 15.8. The molecule has 2 rings (SSSR count). The van der Waals surface area contributed by atoms with Crippen LogP contribution in [0.15, 0.2) is 34.9 Å². The summed E-state index contributed by atoms with van der Waals surface area (Å²) in [6.07, 6.45) is -5.90. The first-order chi connectivity index (χ1) is 9.71. The van der Waals surface area contributed by atoms with Crippen molar-refractivity contribution in [2.75, 3.05) is 0 Å². The molecule has 1 heterocycles. The Morgan fingerprint density at radius 2 is 1.76 bits per heavy atom. The monoisotopic (exact) mass is 367 g/mol. The van der Waals surface area contributed by atoms with Crippen molar-refractivity contribution in [2.45, 2.75) is 12.3 Å². The number of halogens is 6. The summed E-state index contributed by atoms with van der Waals surface area (Å²) in [6, 6.07) is 3.59. The fraction of sp³-hybridized carbons (Fsp3) is 0.154. The first-order valence-corrected chi connectivity index (χ1v) is 6.35. The van der Waals surface area contributed by atoms with Crippen LogP contribution in [0.5, 0.6) is 0 Å². The standard InChI is InChI=1S/C13H7BrF5NO/c14-7-2-3-8(15)10(11(7)16)12(21)9-4-1-6(5-20-9)13(17,18)19/h1-5,12,21H. The van der Waals surface area contributed by atoms with E-state index in [2.05, 4.69) is 20.9 Å². The molecule has 0 radical (unpaired) electrons. The maximum absolute atomic E-state index is 13.8. The van der Waals surface area contributed by atoms with E-state index in [0.717, 1.165) is 18.2 Å². The van der Waals surface area contributed by atoms with Crippen molar-refractivity contribution in [3.05, 3.63) is 63.4 Å². The van der Waals surface area contributed by atoms with Gasteiger partial charge in [0.2, 0.25) is 0 Å². The van der Waals surface area contributed by atoms with Gasteiger partial charge >= 0.3 is 6.18 Å². The third-order valence-electron chi connectivity index (χ3n) is 2.75. The van der Waals surface area contributed by atoms with Crippen LogP contribution in [-0.2, 0) is 6.18 Å². The molecule has 0 amide bonds. The Hall–Kier alpha value is -1.54. The van der Waals surface area contributed by atoms with Crippen molar-refractivity contribution in [1.82, 2.24) is 4.98 Å². The molecule has 0 aliphatic heterocycles. The molecule has 0 saturated carbocycles. The lowest BCUT2D eigenvalue weighted by Gasteiger charge is -2.14. The van der Waals surface area contributed by atoms with Gasteiger partial charge in [0.15, 0.2) is 0 Å². The van der Waals surface area contributed by atoms with Gasteiger partial charge in [-0.3, -0.25) is 4.98 Å². The Balaban J connectivity index is 2.41. The van der Waals surface area contributed by atoms with Crippen LogP contribution in [-0.4, -0.2) is 10.1 Å². The van der Waals surface area contributed by atoms with Gasteiger partial charge in [0.05, 0.1) is 21.3 Å². The molecule has 0 saturated heterocycles. The molecule has 1 aromatic carbocycles. The fourth-order valence-corrected chi connectivity index (χ4v) is 2.02. The van der Waals surface area contributed by atoms with Crippen molar-refractivity contribution in [2.24, 2.45) is 0 Å². The average molecular weight is 368 g/mol. The number of benzene rings is 1. The highest BCUT2D eigenvalue weighted by molar-refractivity contribution is 9.10. The van der Waals surface area contributed by atoms with Crippen molar-refractivity contribution in [3.63, 3.8) is 0 Å². The van der Waals surface area contributed by atoms with Crippen LogP contribution in [0.1, 0.15) is 22.9 Å². The van der Waals surface area contributed by atoms with E-state index in [4.69, 9.17) is 0 Å². The lowest BCUT2D eigenvalue weighted by molar-refractivity contribution is -0.137. The highest BCUT2D eigenvalue weighted by atomic mass is 79.9. The lowest BCUT2D eigenvalue weighted by atomic mass is 10.0. The second-order valence-electron chi connectivity index (χ2n) is 4.13. The van der Waals surface area contributed by atoms with Gasteiger partial charge in [-0.15, -0.1) is 0 Å². The van der Waals surface area contributed by atoms with E-state index in [9.17, 15) is 27.1 Å². The molecule has 0 aliphatic carbocycles. The molecule has 0 aliphatic rings. The Morgan fingerprint density at radius 1 is 1.10 bits per heavy atom. The number of rotatable bonds is 2. The van der Waals surface area contributed by atoms with Crippen molar-refractivity contribution in [3.8, 4) is 0 Å². The molecule has 1 N–H and O–H groups in total. The van der Waals surface area contributed by atoms with E-state index in [1.165, 1.54) is 0 Å². The molecular formula is C13H7BrF5NO. The van der Waals surface area contributed by atoms with E-state index >= 15 is 0 Å². The van der Waals surface area contributed by atoms with Gasteiger partial charge in [-0.2, -0.15) is 13.2 Å². The smallest absolute Gasteiger partial charge is 0.382 e. The van der Waals surface area contributed by atoms with Crippen LogP contribution >= 0.6 is 15.9 Å². The number of hydrogen-bond donors (Lipinski definition) is 1. The van der Waals surface area contributed by atoms with E-state index in [0.29, 0.717) is 12.3 Å². The second-order valence-corrected chi connectivity index (χ2v) is 4.98. The number of aliphatic hydroxyl groups excluding tert-OH is 1. The molecule has 21 heavy (non-hydrogen) atoms. The third kappa shape index (κ3) is 3.21. The largest absolute Gasteiger partial charge is 0.417 e. The van der Waals surface area contributed by atoms with Crippen molar-refractivity contribution < 1.29 is 27.1 Å². The predicted molar refractivity (Wildman–Crippen MR) is 67.4 cm³/mol. The predicted octanol–water partition coefficient (Wildman–Crippen LogP) is 4.22. The van der Waals surface area contributed by atoms with Crippen molar-refractivity contribution in [1.29, 1.82) is 0 Å². The maximum Gasteiger partial charge on any atom is 0.417 e. The molecule has 2 aromatic rings. The van der Waals surface area contributed by atoms with Gasteiger partial charge in [-0.05, 0) is 40.2 Å². The van der Waals surface area contributed by atoms with Crippen LogP contribution in [0.3, 0.4) is 0 Å². The molecule has 0 spiro atoms. The fourth-order valence-electron chi connectivity index (χ4n) is 1.68. The van der Waals surface area contributed by atoms with Gasteiger partial charge in [0.1, 0.15) is 17.7 Å². The number of aliphatic hydroxyl groups is 1. The van der Waals surface area contributed by atoms with E-state index in [-0.39, 0.29) is 10.2 Å². The summed E-state index contributed by atoms with van der Waals surface area (Å²) in [5, 5.41) is 9.93. The Bertz CT molecular complexity index is 657. The minimum atomic E-state index is -4.58. The Kier molecular flexibility index (Phi) is 4.29. The molecular weight excluding hydrogens is 361 g/mol. The molecule has 112 valence electrons. The summed E-state index contributed by atoms with van der Waals surface area (Å²) in [7, 11) is 0. The molecule has 1 unspecified atom stereocenters. The first kappa shape index (κ1) is 15.8. The van der Waals surface area contributed by atoms with Gasteiger partial charge in [-0.25, -0.2) is 8.78 Å². The molecule has 1 atom stereocenters. The zero-order valence-corrected chi connectivity index (χ0v) is 11.7. The van der Waals surface area contributed by atoms with Crippen LogP contribution in [0.2, 0.25) is 0 Å². The molecule has 0 fully saturated rings. The summed E-state index contributed by atoms with van der Waals surface area (Å²) >= 11 is 2.84. The quantitative estimate of drug-likeness (QED) is 0.636. The van der Waals surface area contributed by atoms with Gasteiger partial charge in [-0.1, -0.05) is 0 Å². The van der Waals surface area contributed by atoms with Gasteiger partial charge < -0.3 is 5.11 Å². The number of aromatic nitrogens is 1. The normalized spacial score (nSPS) is 13.3. The first-order valence-electron chi connectivity index (χ1n) is 5.56. The van der Waals surface area contributed by atoms with E-state index in [1.807, 2.05) is 0 Å². The number of pyridine rings is 1. The number of alkyl halides is 3. The Morgan fingerprint density at radius 3 is 2.29 bits per heavy atom. The van der Waals surface area contributed by atoms with Crippen LogP contribution in [0.25, 0.3) is 0 Å². The molecule has 2 nitrogen and oxygen atoms in total. The Labute approximate surface area is 124 Å². The second kappa shape index (κ2) is 5.69. The van der Waals surface area contributed by atoms with Crippen LogP contribution in [0.4, 0.5) is 22.0 Å². The van der Waals surface area contributed by atoms with E-state index in [1.54, 1.807) is 0 Å². The summed E-state index contributed by atoms with van der Waals surface area (Å²) in [5.74, 6) is -2.06. The summed E-state index contributed by atoms with van der Waals surface area (Å²) in [5.41, 5.74) is -2.00. The van der Waals surface area contributed by atoms with E-state index < -0.39 is 35.0 Å². The zero-order valence-electron chi connectivity index (χ0n) is 10.1. The minimum Gasteiger partial charge on any atom is -0.382 e. The summed E-state index contributed by atoms with van der Waals surface area (Å²) in [6.45, 7) is 0. The number of hydrogen-bond acceptors (Lipinski definition) is 2. The van der Waals surface area contributed by atoms with Gasteiger partial charge in [0, 0.05) is 6.20 Å². The molecule has 8 heteroatoms. The van der Waals surface area contributed by atoms with Crippen LogP contribution < -0.4 is 0 Å².